The van der Waals surface area contributed by atoms with Crippen LogP contribution in [-0.2, 0) is 0 Å². The van der Waals surface area contributed by atoms with Crippen molar-refractivity contribution in [2.45, 2.75) is 20.8 Å². The van der Waals surface area contributed by atoms with Crippen molar-refractivity contribution in [3.05, 3.63) is 63.0 Å². The third-order valence-corrected chi connectivity index (χ3v) is 4.78. The quantitative estimate of drug-likeness (QED) is 0.495. The summed E-state index contributed by atoms with van der Waals surface area (Å²) in [6.45, 7) is 6.33. The average Bonchev–Trinajstić information content (AvgIpc) is 3.09. The van der Waals surface area contributed by atoms with Crippen LogP contribution in [0.15, 0.2) is 42.0 Å². The van der Waals surface area contributed by atoms with Gasteiger partial charge in [-0.15, -0.1) is 10.2 Å². The molecule has 0 aliphatic carbocycles. The van der Waals surface area contributed by atoms with E-state index in [9.17, 15) is 0 Å². The molecule has 0 unspecified atom stereocenters. The number of halogens is 1. The Hall–Kier alpha value is -1.96. The van der Waals surface area contributed by atoms with Gasteiger partial charge in [-0.1, -0.05) is 6.07 Å². The van der Waals surface area contributed by atoms with Crippen LogP contribution in [0.25, 0.3) is 5.69 Å². The van der Waals surface area contributed by atoms with E-state index in [4.69, 9.17) is 0 Å². The molecule has 22 heavy (non-hydrogen) atoms. The molecule has 0 spiro atoms. The summed E-state index contributed by atoms with van der Waals surface area (Å²) in [5.41, 5.74) is 5.90. The van der Waals surface area contributed by atoms with Crippen molar-refractivity contribution in [3.63, 3.8) is 0 Å². The van der Waals surface area contributed by atoms with E-state index in [0.29, 0.717) is 0 Å². The molecule has 1 aromatic carbocycles. The molecule has 0 aliphatic rings. The van der Waals surface area contributed by atoms with Crippen LogP contribution in [0.5, 0.6) is 0 Å². The Labute approximate surface area is 142 Å². The maximum absolute atomic E-state index is 4.33. The fourth-order valence-corrected chi connectivity index (χ4v) is 2.92. The number of benzene rings is 1. The van der Waals surface area contributed by atoms with Crippen LogP contribution < -0.4 is 0 Å². The molecule has 2 heterocycles. The fourth-order valence-electron chi connectivity index (χ4n) is 2.42. The molecule has 0 bridgehead atoms. The van der Waals surface area contributed by atoms with Crippen molar-refractivity contribution in [2.75, 3.05) is 0 Å². The maximum Gasteiger partial charge on any atom is 0.141 e. The lowest BCUT2D eigenvalue weighted by atomic mass is 10.2. The minimum Gasteiger partial charge on any atom is -0.318 e. The van der Waals surface area contributed by atoms with Crippen molar-refractivity contribution in [2.24, 2.45) is 5.10 Å². The zero-order valence-corrected chi connectivity index (χ0v) is 14.8. The average molecular weight is 405 g/mol. The first-order valence-corrected chi connectivity index (χ1v) is 7.98. The third-order valence-electron chi connectivity index (χ3n) is 3.62. The molecular weight excluding hydrogens is 389 g/mol. The minimum absolute atomic E-state index is 1.08. The summed E-state index contributed by atoms with van der Waals surface area (Å²) >= 11 is 2.37. The van der Waals surface area contributed by atoms with Gasteiger partial charge in [-0.05, 0) is 67.1 Å². The van der Waals surface area contributed by atoms with Crippen molar-refractivity contribution in [1.82, 2.24) is 19.4 Å². The van der Waals surface area contributed by atoms with Gasteiger partial charge in [-0.25, -0.2) is 4.68 Å². The molecule has 0 radical (unpaired) electrons. The van der Waals surface area contributed by atoms with Crippen LogP contribution in [0.2, 0.25) is 0 Å². The molecule has 0 fully saturated rings. The Balaban J connectivity index is 2.01. The van der Waals surface area contributed by atoms with Gasteiger partial charge in [0, 0.05) is 26.2 Å². The standard InChI is InChI=1S/C16H16IN5/c1-11-4-5-15(7-16(11)17)22-12(2)6-14(13(22)3)8-20-21-9-18-19-10-21/h4-10H,1-3H3/b20-8-. The lowest BCUT2D eigenvalue weighted by Gasteiger charge is -2.11. The fraction of sp³-hybridized carbons (Fsp3) is 0.188. The van der Waals surface area contributed by atoms with E-state index in [0.717, 1.165) is 11.3 Å². The lowest BCUT2D eigenvalue weighted by molar-refractivity contribution is 0.877. The summed E-state index contributed by atoms with van der Waals surface area (Å²) in [7, 11) is 0. The zero-order valence-electron chi connectivity index (χ0n) is 12.7. The maximum atomic E-state index is 4.33. The van der Waals surface area contributed by atoms with E-state index in [2.05, 4.69) is 87.5 Å². The third kappa shape index (κ3) is 2.83. The van der Waals surface area contributed by atoms with Gasteiger partial charge in [0.15, 0.2) is 0 Å². The number of aryl methyl sites for hydroxylation is 2. The molecule has 6 heteroatoms. The van der Waals surface area contributed by atoms with Crippen molar-refractivity contribution in [3.8, 4) is 5.69 Å². The highest BCUT2D eigenvalue weighted by Gasteiger charge is 2.10. The number of aromatic nitrogens is 4. The molecule has 0 atom stereocenters. The number of rotatable bonds is 3. The monoisotopic (exact) mass is 405 g/mol. The predicted molar refractivity (Wildman–Crippen MR) is 95.7 cm³/mol. The van der Waals surface area contributed by atoms with E-state index in [-0.39, 0.29) is 0 Å². The number of hydrogen-bond donors (Lipinski definition) is 0. The summed E-state index contributed by atoms with van der Waals surface area (Å²) in [4.78, 5) is 0. The molecule has 5 nitrogen and oxygen atoms in total. The molecular formula is C16H16IN5. The molecule has 2 aromatic heterocycles. The summed E-state index contributed by atoms with van der Waals surface area (Å²) in [5, 5.41) is 11.8. The smallest absolute Gasteiger partial charge is 0.141 e. The summed E-state index contributed by atoms with van der Waals surface area (Å²) in [6, 6.07) is 8.64. The second-order valence-electron chi connectivity index (χ2n) is 5.18. The topological polar surface area (TPSA) is 48.0 Å². The second kappa shape index (κ2) is 6.04. The van der Waals surface area contributed by atoms with Gasteiger partial charge in [0.1, 0.15) is 12.7 Å². The Morgan fingerprint density at radius 1 is 1.09 bits per heavy atom. The summed E-state index contributed by atoms with van der Waals surface area (Å²) in [6.07, 6.45) is 4.97. The van der Waals surface area contributed by atoms with E-state index in [1.165, 1.54) is 20.5 Å². The van der Waals surface area contributed by atoms with Crippen LogP contribution in [-0.4, -0.2) is 25.7 Å². The van der Waals surface area contributed by atoms with Gasteiger partial charge in [-0.3, -0.25) is 0 Å². The first kappa shape index (κ1) is 15.0. The van der Waals surface area contributed by atoms with E-state index in [1.807, 2.05) is 6.21 Å². The van der Waals surface area contributed by atoms with Gasteiger partial charge in [-0.2, -0.15) is 5.10 Å². The largest absolute Gasteiger partial charge is 0.318 e. The normalized spacial score (nSPS) is 11.5. The molecule has 0 amide bonds. The molecule has 112 valence electrons. The highest BCUT2D eigenvalue weighted by Crippen LogP contribution is 2.22. The number of hydrogen-bond acceptors (Lipinski definition) is 3. The molecule has 0 N–H and O–H groups in total. The minimum atomic E-state index is 1.08. The Kier molecular flexibility index (Phi) is 4.10. The van der Waals surface area contributed by atoms with Crippen LogP contribution in [0.3, 0.4) is 0 Å². The van der Waals surface area contributed by atoms with Crippen LogP contribution >= 0.6 is 22.6 Å². The first-order chi connectivity index (χ1) is 10.6. The Bertz CT molecular complexity index is 831. The lowest BCUT2D eigenvalue weighted by Crippen LogP contribution is -2.00. The SMILES string of the molecule is Cc1ccc(-n2c(C)cc(/C=N\n3cnnc3)c2C)cc1I. The Morgan fingerprint density at radius 3 is 2.50 bits per heavy atom. The first-order valence-electron chi connectivity index (χ1n) is 6.90. The van der Waals surface area contributed by atoms with Crippen molar-refractivity contribution >= 4 is 28.8 Å². The molecule has 3 rings (SSSR count). The highest BCUT2D eigenvalue weighted by molar-refractivity contribution is 14.1. The van der Waals surface area contributed by atoms with Crippen LogP contribution in [0.4, 0.5) is 0 Å². The van der Waals surface area contributed by atoms with E-state index in [1.54, 1.807) is 17.3 Å². The van der Waals surface area contributed by atoms with Crippen molar-refractivity contribution < 1.29 is 0 Å². The van der Waals surface area contributed by atoms with Gasteiger partial charge >= 0.3 is 0 Å². The molecule has 0 saturated heterocycles. The summed E-state index contributed by atoms with van der Waals surface area (Å²) < 4.78 is 5.10. The van der Waals surface area contributed by atoms with Gasteiger partial charge < -0.3 is 4.57 Å². The molecule has 3 aromatic rings. The Morgan fingerprint density at radius 2 is 1.82 bits per heavy atom. The van der Waals surface area contributed by atoms with Gasteiger partial charge in [0.05, 0.1) is 6.21 Å². The molecule has 0 saturated carbocycles. The number of nitrogens with zero attached hydrogens (tertiary/aromatic N) is 5. The second-order valence-corrected chi connectivity index (χ2v) is 6.34. The summed E-state index contributed by atoms with van der Waals surface area (Å²) in [5.74, 6) is 0. The van der Waals surface area contributed by atoms with E-state index < -0.39 is 0 Å². The van der Waals surface area contributed by atoms with Gasteiger partial charge in [0.25, 0.3) is 0 Å². The molecule has 0 aliphatic heterocycles. The van der Waals surface area contributed by atoms with Crippen molar-refractivity contribution in [1.29, 1.82) is 0 Å². The highest BCUT2D eigenvalue weighted by atomic mass is 127. The van der Waals surface area contributed by atoms with Crippen LogP contribution in [0, 0.1) is 24.3 Å². The van der Waals surface area contributed by atoms with Crippen LogP contribution in [0.1, 0.15) is 22.5 Å². The van der Waals surface area contributed by atoms with E-state index >= 15 is 0 Å². The predicted octanol–water partition coefficient (Wildman–Crippen LogP) is 3.48. The zero-order chi connectivity index (χ0) is 15.7. The van der Waals surface area contributed by atoms with Gasteiger partial charge in [0.2, 0.25) is 0 Å².